The SMILES string of the molecule is COc1ccc(/C=N/NC(=O)CNc2cc(C)nc3ccccc23)cc1OC. The first kappa shape index (κ1) is 19.2. The first-order valence-electron chi connectivity index (χ1n) is 8.75. The molecule has 1 heterocycles. The lowest BCUT2D eigenvalue weighted by Gasteiger charge is -2.10. The highest BCUT2D eigenvalue weighted by Gasteiger charge is 2.06. The number of carbonyl (C=O) groups excluding carboxylic acids is 1. The summed E-state index contributed by atoms with van der Waals surface area (Å²) in [7, 11) is 3.14. The number of nitrogens with one attached hydrogen (secondary N) is 2. The Kier molecular flexibility index (Phi) is 6.06. The van der Waals surface area contributed by atoms with E-state index < -0.39 is 0 Å². The number of fused-ring (bicyclic) bond motifs is 1. The van der Waals surface area contributed by atoms with Gasteiger partial charge < -0.3 is 14.8 Å². The summed E-state index contributed by atoms with van der Waals surface area (Å²) in [5, 5.41) is 8.11. The maximum absolute atomic E-state index is 12.1. The largest absolute Gasteiger partial charge is 0.493 e. The maximum atomic E-state index is 12.1. The lowest BCUT2D eigenvalue weighted by Crippen LogP contribution is -2.26. The van der Waals surface area contributed by atoms with Crippen LogP contribution in [0.3, 0.4) is 0 Å². The molecule has 0 saturated carbocycles. The summed E-state index contributed by atoms with van der Waals surface area (Å²) in [6.07, 6.45) is 1.55. The molecule has 0 aliphatic heterocycles. The molecule has 0 saturated heterocycles. The highest BCUT2D eigenvalue weighted by Crippen LogP contribution is 2.26. The van der Waals surface area contributed by atoms with E-state index in [1.807, 2.05) is 43.3 Å². The Labute approximate surface area is 163 Å². The molecule has 28 heavy (non-hydrogen) atoms. The van der Waals surface area contributed by atoms with Crippen LogP contribution in [0.4, 0.5) is 5.69 Å². The molecule has 0 aliphatic carbocycles. The van der Waals surface area contributed by atoms with E-state index in [0.29, 0.717) is 11.5 Å². The van der Waals surface area contributed by atoms with Gasteiger partial charge >= 0.3 is 0 Å². The van der Waals surface area contributed by atoms with Crippen molar-refractivity contribution in [1.82, 2.24) is 10.4 Å². The molecule has 144 valence electrons. The van der Waals surface area contributed by atoms with E-state index >= 15 is 0 Å². The van der Waals surface area contributed by atoms with E-state index in [0.717, 1.165) is 27.8 Å². The van der Waals surface area contributed by atoms with Crippen LogP contribution in [-0.4, -0.2) is 37.9 Å². The van der Waals surface area contributed by atoms with Crippen LogP contribution in [-0.2, 0) is 4.79 Å². The number of nitrogens with zero attached hydrogens (tertiary/aromatic N) is 2. The molecule has 0 radical (unpaired) electrons. The fourth-order valence-corrected chi connectivity index (χ4v) is 2.78. The molecular weight excluding hydrogens is 356 g/mol. The van der Waals surface area contributed by atoms with Crippen LogP contribution in [0.15, 0.2) is 53.6 Å². The summed E-state index contributed by atoms with van der Waals surface area (Å²) in [5.74, 6) is 0.974. The van der Waals surface area contributed by atoms with Crippen LogP contribution >= 0.6 is 0 Å². The van der Waals surface area contributed by atoms with Gasteiger partial charge in [-0.25, -0.2) is 5.43 Å². The molecule has 1 amide bonds. The van der Waals surface area contributed by atoms with Crippen LogP contribution in [0.25, 0.3) is 10.9 Å². The van der Waals surface area contributed by atoms with E-state index in [4.69, 9.17) is 9.47 Å². The monoisotopic (exact) mass is 378 g/mol. The smallest absolute Gasteiger partial charge is 0.259 e. The number of anilines is 1. The molecule has 7 nitrogen and oxygen atoms in total. The Bertz CT molecular complexity index is 1020. The zero-order chi connectivity index (χ0) is 19.9. The first-order valence-corrected chi connectivity index (χ1v) is 8.75. The maximum Gasteiger partial charge on any atom is 0.259 e. The number of carbonyl (C=O) groups is 1. The molecule has 7 heteroatoms. The Morgan fingerprint density at radius 2 is 1.89 bits per heavy atom. The number of hydrogen-bond donors (Lipinski definition) is 2. The molecule has 0 spiro atoms. The van der Waals surface area contributed by atoms with Crippen LogP contribution in [0, 0.1) is 6.92 Å². The molecule has 1 aromatic heterocycles. The van der Waals surface area contributed by atoms with Gasteiger partial charge in [0.2, 0.25) is 0 Å². The van der Waals surface area contributed by atoms with E-state index in [1.165, 1.54) is 0 Å². The van der Waals surface area contributed by atoms with Crippen molar-refractivity contribution in [2.75, 3.05) is 26.1 Å². The van der Waals surface area contributed by atoms with Crippen LogP contribution in [0.2, 0.25) is 0 Å². The molecule has 0 aliphatic rings. The third-order valence-corrected chi connectivity index (χ3v) is 4.09. The van der Waals surface area contributed by atoms with E-state index in [1.54, 1.807) is 32.6 Å². The van der Waals surface area contributed by atoms with Gasteiger partial charge in [-0.15, -0.1) is 0 Å². The van der Waals surface area contributed by atoms with Gasteiger partial charge in [0.1, 0.15) is 0 Å². The summed E-state index contributed by atoms with van der Waals surface area (Å²) in [4.78, 5) is 16.6. The number of amides is 1. The normalized spacial score (nSPS) is 10.8. The Hall–Kier alpha value is -3.61. The van der Waals surface area contributed by atoms with Gasteiger partial charge in [0.15, 0.2) is 11.5 Å². The average Bonchev–Trinajstić information content (AvgIpc) is 2.71. The number of aryl methyl sites for hydroxylation is 1. The van der Waals surface area contributed by atoms with E-state index in [9.17, 15) is 4.79 Å². The number of para-hydroxylation sites is 1. The molecule has 0 atom stereocenters. The number of benzene rings is 2. The van der Waals surface area contributed by atoms with Gasteiger partial charge in [0.25, 0.3) is 5.91 Å². The molecule has 3 rings (SSSR count). The average molecular weight is 378 g/mol. The Morgan fingerprint density at radius 1 is 1.11 bits per heavy atom. The van der Waals surface area contributed by atoms with Crippen molar-refractivity contribution in [3.05, 3.63) is 59.8 Å². The van der Waals surface area contributed by atoms with Gasteiger partial charge in [0.05, 0.1) is 32.5 Å². The van der Waals surface area contributed by atoms with Crippen molar-refractivity contribution in [3.8, 4) is 11.5 Å². The number of hydrazone groups is 1. The summed E-state index contributed by atoms with van der Waals surface area (Å²) in [6, 6.07) is 15.1. The number of ether oxygens (including phenoxy) is 2. The number of pyridine rings is 1. The molecule has 3 aromatic rings. The topological polar surface area (TPSA) is 84.8 Å². The third-order valence-electron chi connectivity index (χ3n) is 4.09. The van der Waals surface area contributed by atoms with Gasteiger partial charge in [-0.2, -0.15) is 5.10 Å². The lowest BCUT2D eigenvalue weighted by molar-refractivity contribution is -0.119. The summed E-state index contributed by atoms with van der Waals surface area (Å²) in [6.45, 7) is 2.02. The Morgan fingerprint density at radius 3 is 2.68 bits per heavy atom. The van der Waals surface area contributed by atoms with E-state index in [-0.39, 0.29) is 12.5 Å². The van der Waals surface area contributed by atoms with Crippen molar-refractivity contribution in [2.24, 2.45) is 5.10 Å². The number of aromatic nitrogens is 1. The quantitative estimate of drug-likeness (QED) is 0.487. The number of rotatable bonds is 7. The summed E-state index contributed by atoms with van der Waals surface area (Å²) >= 11 is 0. The first-order chi connectivity index (χ1) is 13.6. The minimum Gasteiger partial charge on any atom is -0.493 e. The fraction of sp³-hybridized carbons (Fsp3) is 0.190. The predicted octanol–water partition coefficient (Wildman–Crippen LogP) is 3.12. The minimum atomic E-state index is -0.254. The van der Waals surface area contributed by atoms with E-state index in [2.05, 4.69) is 20.8 Å². The zero-order valence-electron chi connectivity index (χ0n) is 16.0. The van der Waals surface area contributed by atoms with Crippen molar-refractivity contribution >= 4 is 28.7 Å². The fourth-order valence-electron chi connectivity index (χ4n) is 2.78. The second-order valence-electron chi connectivity index (χ2n) is 6.09. The number of hydrogen-bond acceptors (Lipinski definition) is 6. The molecule has 0 bridgehead atoms. The summed E-state index contributed by atoms with van der Waals surface area (Å²) < 4.78 is 10.4. The van der Waals surface area contributed by atoms with Crippen LogP contribution in [0.5, 0.6) is 11.5 Å². The molecule has 2 aromatic carbocycles. The second kappa shape index (κ2) is 8.85. The minimum absolute atomic E-state index is 0.0940. The highest BCUT2D eigenvalue weighted by molar-refractivity contribution is 5.93. The highest BCUT2D eigenvalue weighted by atomic mass is 16.5. The Balaban J connectivity index is 1.60. The van der Waals surface area contributed by atoms with Gasteiger partial charge in [-0.3, -0.25) is 9.78 Å². The second-order valence-corrected chi connectivity index (χ2v) is 6.09. The van der Waals surface area contributed by atoms with Gasteiger partial charge in [0, 0.05) is 16.8 Å². The molecule has 2 N–H and O–H groups in total. The van der Waals surface area contributed by atoms with Gasteiger partial charge in [-0.05, 0) is 42.8 Å². The predicted molar refractivity (Wildman–Crippen MR) is 110 cm³/mol. The van der Waals surface area contributed by atoms with Crippen molar-refractivity contribution in [3.63, 3.8) is 0 Å². The van der Waals surface area contributed by atoms with Crippen molar-refractivity contribution in [2.45, 2.75) is 6.92 Å². The molecule has 0 unspecified atom stereocenters. The van der Waals surface area contributed by atoms with Crippen molar-refractivity contribution < 1.29 is 14.3 Å². The van der Waals surface area contributed by atoms with Crippen molar-refractivity contribution in [1.29, 1.82) is 0 Å². The molecule has 0 fully saturated rings. The number of methoxy groups -OCH3 is 2. The zero-order valence-corrected chi connectivity index (χ0v) is 16.0. The third kappa shape index (κ3) is 4.56. The van der Waals surface area contributed by atoms with Crippen LogP contribution in [0.1, 0.15) is 11.3 Å². The molecular formula is C21H22N4O3. The summed E-state index contributed by atoms with van der Waals surface area (Å²) in [5.41, 5.74) is 5.92. The standard InChI is InChI=1S/C21H22N4O3/c1-14-10-18(16-6-4-5-7-17(16)24-14)22-13-21(26)25-23-12-15-8-9-19(27-2)20(11-15)28-3/h4-12H,13H2,1-3H3,(H,22,24)(H,25,26)/b23-12+. The lowest BCUT2D eigenvalue weighted by atomic mass is 10.1. The van der Waals surface area contributed by atoms with Gasteiger partial charge in [-0.1, -0.05) is 18.2 Å². The van der Waals surface area contributed by atoms with Crippen LogP contribution < -0.4 is 20.2 Å².